The molecule has 88 valence electrons. The molecule has 0 radical (unpaired) electrons. The molecule has 1 aliphatic carbocycles. The van der Waals surface area contributed by atoms with E-state index in [2.05, 4.69) is 15.9 Å². The molecule has 0 atom stereocenters. The van der Waals surface area contributed by atoms with Crippen LogP contribution in [-0.4, -0.2) is 16.8 Å². The zero-order valence-corrected chi connectivity index (χ0v) is 10.2. The van der Waals surface area contributed by atoms with E-state index in [1.54, 1.807) is 0 Å². The van der Waals surface area contributed by atoms with E-state index in [1.165, 1.54) is 6.07 Å². The predicted octanol–water partition coefficient (Wildman–Crippen LogP) is 2.38. The van der Waals surface area contributed by atoms with Crippen LogP contribution in [0.2, 0.25) is 0 Å². The maximum absolute atomic E-state index is 13.3. The number of phenolic OH excluding ortho intramolecular Hbond substituents is 2. The van der Waals surface area contributed by atoms with Crippen LogP contribution >= 0.6 is 15.9 Å². The van der Waals surface area contributed by atoms with Gasteiger partial charge in [0.25, 0.3) is 0 Å². The smallest absolute Gasteiger partial charge is 0.195 e. The summed E-state index contributed by atoms with van der Waals surface area (Å²) in [5.41, 5.74) is 5.93. The van der Waals surface area contributed by atoms with Gasteiger partial charge in [-0.3, -0.25) is 0 Å². The van der Waals surface area contributed by atoms with Crippen molar-refractivity contribution < 1.29 is 14.6 Å². The summed E-state index contributed by atoms with van der Waals surface area (Å²) in [7, 11) is 0. The van der Waals surface area contributed by atoms with Crippen molar-refractivity contribution >= 4 is 15.9 Å². The molecule has 1 aromatic carbocycles. The van der Waals surface area contributed by atoms with Crippen LogP contribution in [0.5, 0.6) is 11.5 Å². The van der Waals surface area contributed by atoms with Crippen LogP contribution < -0.4 is 5.73 Å². The number of halogens is 2. The van der Waals surface area contributed by atoms with Crippen LogP contribution in [0.25, 0.3) is 0 Å². The van der Waals surface area contributed by atoms with Gasteiger partial charge in [-0.15, -0.1) is 0 Å². The largest absolute Gasteiger partial charge is 0.504 e. The van der Waals surface area contributed by atoms with E-state index in [1.807, 2.05) is 0 Å². The molecule has 0 heterocycles. The first kappa shape index (κ1) is 11.7. The zero-order chi connectivity index (χ0) is 11.9. The Bertz CT molecular complexity index is 427. The molecule has 1 fully saturated rings. The van der Waals surface area contributed by atoms with Crippen LogP contribution in [0.1, 0.15) is 24.8 Å². The van der Waals surface area contributed by atoms with Crippen LogP contribution in [0, 0.1) is 5.82 Å². The monoisotopic (exact) mass is 289 g/mol. The highest BCUT2D eigenvalue weighted by molar-refractivity contribution is 9.10. The molecule has 0 bridgehead atoms. The van der Waals surface area contributed by atoms with Crippen molar-refractivity contribution in [1.82, 2.24) is 0 Å². The predicted molar refractivity (Wildman–Crippen MR) is 62.0 cm³/mol. The quantitative estimate of drug-likeness (QED) is 0.733. The summed E-state index contributed by atoms with van der Waals surface area (Å²) in [6.45, 7) is 0.387. The summed E-state index contributed by atoms with van der Waals surface area (Å²) in [6, 6.07) is 1.51. The Morgan fingerprint density at radius 2 is 2.00 bits per heavy atom. The highest BCUT2D eigenvalue weighted by Gasteiger charge is 2.40. The molecular weight excluding hydrogens is 277 g/mol. The zero-order valence-electron chi connectivity index (χ0n) is 8.63. The Morgan fingerprint density at radius 1 is 1.38 bits per heavy atom. The highest BCUT2D eigenvalue weighted by Crippen LogP contribution is 2.50. The van der Waals surface area contributed by atoms with Crippen molar-refractivity contribution in [2.45, 2.75) is 24.7 Å². The van der Waals surface area contributed by atoms with Gasteiger partial charge in [0.05, 0.1) is 4.47 Å². The molecule has 2 rings (SSSR count). The average Bonchev–Trinajstić information content (AvgIpc) is 2.21. The lowest BCUT2D eigenvalue weighted by Crippen LogP contribution is -2.41. The van der Waals surface area contributed by atoms with Crippen molar-refractivity contribution in [3.63, 3.8) is 0 Å². The van der Waals surface area contributed by atoms with Gasteiger partial charge >= 0.3 is 0 Å². The SMILES string of the molecule is NCC1(c2cc(Br)c(F)c(O)c2O)CCC1. The highest BCUT2D eigenvalue weighted by atomic mass is 79.9. The van der Waals surface area contributed by atoms with Crippen molar-refractivity contribution in [1.29, 1.82) is 0 Å². The first-order chi connectivity index (χ1) is 7.52. The number of benzene rings is 1. The second-order valence-corrected chi connectivity index (χ2v) is 5.11. The summed E-state index contributed by atoms with van der Waals surface area (Å²) in [4.78, 5) is 0. The minimum Gasteiger partial charge on any atom is -0.504 e. The van der Waals surface area contributed by atoms with E-state index in [-0.39, 0.29) is 15.6 Å². The third kappa shape index (κ3) is 1.50. The molecule has 0 aromatic heterocycles. The molecular formula is C11H13BrFNO2. The van der Waals surface area contributed by atoms with Gasteiger partial charge in [0.1, 0.15) is 0 Å². The fourth-order valence-corrected chi connectivity index (χ4v) is 2.61. The van der Waals surface area contributed by atoms with Gasteiger partial charge in [-0.1, -0.05) is 6.42 Å². The summed E-state index contributed by atoms with van der Waals surface area (Å²) in [5, 5.41) is 19.2. The van der Waals surface area contributed by atoms with Crippen molar-refractivity contribution in [2.75, 3.05) is 6.54 Å². The molecule has 0 spiro atoms. The number of rotatable bonds is 2. The van der Waals surface area contributed by atoms with Crippen LogP contribution in [0.4, 0.5) is 4.39 Å². The third-order valence-corrected chi connectivity index (χ3v) is 4.02. The lowest BCUT2D eigenvalue weighted by molar-refractivity contribution is 0.241. The van der Waals surface area contributed by atoms with Crippen LogP contribution in [-0.2, 0) is 5.41 Å². The number of hydrogen-bond acceptors (Lipinski definition) is 3. The summed E-state index contributed by atoms with van der Waals surface area (Å²) in [6.07, 6.45) is 2.75. The molecule has 0 unspecified atom stereocenters. The normalized spacial score (nSPS) is 18.2. The molecule has 3 nitrogen and oxygen atoms in total. The van der Waals surface area contributed by atoms with Gasteiger partial charge in [0, 0.05) is 17.5 Å². The van der Waals surface area contributed by atoms with Crippen LogP contribution in [0.3, 0.4) is 0 Å². The lowest BCUT2D eigenvalue weighted by Gasteiger charge is -2.41. The molecule has 0 aliphatic heterocycles. The Kier molecular flexibility index (Phi) is 2.84. The van der Waals surface area contributed by atoms with E-state index >= 15 is 0 Å². The maximum atomic E-state index is 13.3. The van der Waals surface area contributed by atoms with E-state index in [0.29, 0.717) is 12.1 Å². The molecule has 4 N–H and O–H groups in total. The number of hydrogen-bond donors (Lipinski definition) is 3. The van der Waals surface area contributed by atoms with E-state index in [4.69, 9.17) is 5.73 Å². The molecule has 1 aromatic rings. The van der Waals surface area contributed by atoms with E-state index in [9.17, 15) is 14.6 Å². The minimum absolute atomic E-state index is 0.150. The number of nitrogens with two attached hydrogens (primary N) is 1. The summed E-state index contributed by atoms with van der Waals surface area (Å²) in [5.74, 6) is -1.93. The fraction of sp³-hybridized carbons (Fsp3) is 0.455. The number of phenols is 2. The second-order valence-electron chi connectivity index (χ2n) is 4.26. The Labute approximate surface area is 101 Å². The van der Waals surface area contributed by atoms with E-state index in [0.717, 1.165) is 19.3 Å². The Morgan fingerprint density at radius 3 is 2.44 bits per heavy atom. The standard InChI is InChI=1S/C11H13BrFNO2/c12-7-4-6(9(15)10(16)8(7)13)11(5-14)2-1-3-11/h4,15-16H,1-3,5,14H2. The third-order valence-electron chi connectivity index (χ3n) is 3.44. The van der Waals surface area contributed by atoms with Crippen LogP contribution in [0.15, 0.2) is 10.5 Å². The average molecular weight is 290 g/mol. The van der Waals surface area contributed by atoms with Gasteiger partial charge in [0.2, 0.25) is 0 Å². The minimum atomic E-state index is -0.840. The van der Waals surface area contributed by atoms with Crippen molar-refractivity contribution in [2.24, 2.45) is 5.73 Å². The Balaban J connectivity index is 2.57. The van der Waals surface area contributed by atoms with E-state index < -0.39 is 11.6 Å². The molecule has 16 heavy (non-hydrogen) atoms. The first-order valence-electron chi connectivity index (χ1n) is 5.12. The number of aromatic hydroxyl groups is 2. The maximum Gasteiger partial charge on any atom is 0.195 e. The molecule has 5 heteroatoms. The fourth-order valence-electron chi connectivity index (χ4n) is 2.19. The van der Waals surface area contributed by atoms with Gasteiger partial charge < -0.3 is 15.9 Å². The molecule has 1 aliphatic rings. The van der Waals surface area contributed by atoms with Crippen molar-refractivity contribution in [3.05, 3.63) is 21.9 Å². The topological polar surface area (TPSA) is 66.5 Å². The van der Waals surface area contributed by atoms with Crippen molar-refractivity contribution in [3.8, 4) is 11.5 Å². The second kappa shape index (κ2) is 3.89. The molecule has 1 saturated carbocycles. The van der Waals surface area contributed by atoms with Gasteiger partial charge in [-0.05, 0) is 34.8 Å². The van der Waals surface area contributed by atoms with Gasteiger partial charge in [-0.2, -0.15) is 0 Å². The lowest BCUT2D eigenvalue weighted by atomic mass is 9.64. The van der Waals surface area contributed by atoms with Gasteiger partial charge in [0.15, 0.2) is 17.3 Å². The Hall–Kier alpha value is -0.810. The molecule has 0 saturated heterocycles. The summed E-state index contributed by atoms with van der Waals surface area (Å²) >= 11 is 3.02. The first-order valence-corrected chi connectivity index (χ1v) is 5.91. The molecule has 0 amide bonds. The van der Waals surface area contributed by atoms with Gasteiger partial charge in [-0.25, -0.2) is 4.39 Å². The summed E-state index contributed by atoms with van der Waals surface area (Å²) < 4.78 is 13.4.